The van der Waals surface area contributed by atoms with E-state index in [0.717, 1.165) is 16.8 Å². The Morgan fingerprint density at radius 2 is 1.82 bits per heavy atom. The number of amides is 1. The Kier molecular flexibility index (Phi) is 7.25. The zero-order valence-corrected chi connectivity index (χ0v) is 19.7. The number of nitrogens with zero attached hydrogens (tertiary/aromatic N) is 3. The summed E-state index contributed by atoms with van der Waals surface area (Å²) >= 11 is 6.36. The molecule has 34 heavy (non-hydrogen) atoms. The monoisotopic (exact) mass is 476 g/mol. The summed E-state index contributed by atoms with van der Waals surface area (Å²) in [5.74, 6) is 0.395. The van der Waals surface area contributed by atoms with E-state index in [9.17, 15) is 9.90 Å². The van der Waals surface area contributed by atoms with Crippen LogP contribution >= 0.6 is 11.6 Å². The molecule has 2 N–H and O–H groups in total. The number of rotatable bonds is 8. The number of carboxylic acid groups (broad SMARTS) is 1. The van der Waals surface area contributed by atoms with Crippen molar-refractivity contribution in [2.24, 2.45) is 0 Å². The van der Waals surface area contributed by atoms with E-state index in [0.29, 0.717) is 40.8 Å². The summed E-state index contributed by atoms with van der Waals surface area (Å²) < 4.78 is 5.60. The summed E-state index contributed by atoms with van der Waals surface area (Å²) in [6.07, 6.45) is 0.658. The first-order valence-electron chi connectivity index (χ1n) is 10.9. The first-order chi connectivity index (χ1) is 16.5. The average molecular weight is 477 g/mol. The van der Waals surface area contributed by atoms with Gasteiger partial charge in [-0.3, -0.25) is 9.88 Å². The maximum atomic E-state index is 12.3. The molecule has 0 saturated heterocycles. The van der Waals surface area contributed by atoms with Crippen LogP contribution in [0.25, 0.3) is 11.3 Å². The van der Waals surface area contributed by atoms with Crippen LogP contribution < -0.4 is 10.2 Å². The van der Waals surface area contributed by atoms with Gasteiger partial charge in [-0.1, -0.05) is 65.3 Å². The van der Waals surface area contributed by atoms with Gasteiger partial charge in [0.1, 0.15) is 11.4 Å². The van der Waals surface area contributed by atoms with Gasteiger partial charge in [-0.15, -0.1) is 0 Å². The number of aromatic nitrogens is 2. The van der Waals surface area contributed by atoms with E-state index in [4.69, 9.17) is 16.1 Å². The van der Waals surface area contributed by atoms with Gasteiger partial charge in [-0.2, -0.15) is 0 Å². The third-order valence-corrected chi connectivity index (χ3v) is 5.94. The van der Waals surface area contributed by atoms with Crippen LogP contribution in [0.15, 0.2) is 77.4 Å². The van der Waals surface area contributed by atoms with Crippen molar-refractivity contribution >= 4 is 23.4 Å². The van der Waals surface area contributed by atoms with Gasteiger partial charge in [0.2, 0.25) is 0 Å². The quantitative estimate of drug-likeness (QED) is 0.313. The van der Waals surface area contributed by atoms with Gasteiger partial charge >= 0.3 is 6.09 Å². The molecule has 8 heteroatoms. The third-order valence-electron chi connectivity index (χ3n) is 5.60. The van der Waals surface area contributed by atoms with Gasteiger partial charge in [0.25, 0.3) is 0 Å². The Balaban J connectivity index is 1.56. The fourth-order valence-corrected chi connectivity index (χ4v) is 4.15. The Hall–Kier alpha value is -3.68. The van der Waals surface area contributed by atoms with Crippen molar-refractivity contribution in [2.45, 2.75) is 33.0 Å². The summed E-state index contributed by atoms with van der Waals surface area (Å²) in [6.45, 7) is 4.86. The Morgan fingerprint density at radius 1 is 1.09 bits per heavy atom. The van der Waals surface area contributed by atoms with Crippen molar-refractivity contribution < 1.29 is 14.4 Å². The molecule has 0 aliphatic heterocycles. The highest BCUT2D eigenvalue weighted by Crippen LogP contribution is 2.39. The molecule has 7 nitrogen and oxygen atoms in total. The van der Waals surface area contributed by atoms with Crippen molar-refractivity contribution in [3.63, 3.8) is 0 Å². The third kappa shape index (κ3) is 5.11. The van der Waals surface area contributed by atoms with E-state index in [1.54, 1.807) is 26.1 Å². The topological polar surface area (TPSA) is 91.5 Å². The second kappa shape index (κ2) is 10.5. The summed E-state index contributed by atoms with van der Waals surface area (Å²) in [5.41, 5.74) is 4.38. The van der Waals surface area contributed by atoms with Gasteiger partial charge in [-0.25, -0.2) is 4.79 Å². The van der Waals surface area contributed by atoms with Gasteiger partial charge in [0.15, 0.2) is 5.76 Å². The van der Waals surface area contributed by atoms with Gasteiger partial charge < -0.3 is 14.9 Å². The number of aryl methyl sites for hydroxylation is 1. The lowest BCUT2D eigenvalue weighted by Crippen LogP contribution is -2.33. The maximum Gasteiger partial charge on any atom is 0.412 e. The van der Waals surface area contributed by atoms with Crippen molar-refractivity contribution in [3.8, 4) is 11.3 Å². The number of hydrogen-bond acceptors (Lipinski definition) is 5. The van der Waals surface area contributed by atoms with Crippen molar-refractivity contribution in [1.82, 2.24) is 15.5 Å². The predicted octanol–water partition coefficient (Wildman–Crippen LogP) is 6.23. The molecule has 174 valence electrons. The van der Waals surface area contributed by atoms with Crippen molar-refractivity contribution in [2.75, 3.05) is 4.90 Å². The van der Waals surface area contributed by atoms with Crippen LogP contribution in [-0.4, -0.2) is 21.3 Å². The van der Waals surface area contributed by atoms with Crippen LogP contribution in [0.4, 0.5) is 10.5 Å². The van der Waals surface area contributed by atoms with Crippen LogP contribution in [0.3, 0.4) is 0 Å². The standard InChI is InChI=1S/C26H25ClN4O3/c1-17-24(31(26(32)33)18(2)22-8-3-4-9-23(22)27)25(34-30-17)20-12-10-19(11-13-20)15-28-16-21-7-5-6-14-29-21/h3-14,18,28H,15-16H2,1-2H3,(H,32,33). The highest BCUT2D eigenvalue weighted by atomic mass is 35.5. The largest absolute Gasteiger partial charge is 0.465 e. The molecule has 0 radical (unpaired) electrons. The first kappa shape index (κ1) is 23.5. The second-order valence-corrected chi connectivity index (χ2v) is 8.32. The van der Waals surface area contributed by atoms with E-state index in [2.05, 4.69) is 15.5 Å². The molecule has 2 aromatic heterocycles. The van der Waals surface area contributed by atoms with Crippen LogP contribution in [0.2, 0.25) is 5.02 Å². The van der Waals surface area contributed by atoms with Crippen LogP contribution in [0.1, 0.15) is 35.5 Å². The molecule has 0 spiro atoms. The van der Waals surface area contributed by atoms with E-state index >= 15 is 0 Å². The van der Waals surface area contributed by atoms with Gasteiger partial charge in [0, 0.05) is 29.9 Å². The van der Waals surface area contributed by atoms with Crippen molar-refractivity contribution in [3.05, 3.63) is 100 Å². The van der Waals surface area contributed by atoms with E-state index in [1.807, 2.05) is 60.7 Å². The molecule has 0 saturated carbocycles. The molecule has 0 aliphatic carbocycles. The fraction of sp³-hybridized carbons (Fsp3) is 0.192. The maximum absolute atomic E-state index is 12.3. The molecular formula is C26H25ClN4O3. The SMILES string of the molecule is Cc1noc(-c2ccc(CNCc3ccccn3)cc2)c1N(C(=O)O)C(C)c1ccccc1Cl. The molecule has 1 amide bonds. The first-order valence-corrected chi connectivity index (χ1v) is 11.3. The minimum absolute atomic E-state index is 0.395. The van der Waals surface area contributed by atoms with Crippen LogP contribution in [0.5, 0.6) is 0 Å². The smallest absolute Gasteiger partial charge is 0.412 e. The number of nitrogens with one attached hydrogen (secondary N) is 1. The number of hydrogen-bond donors (Lipinski definition) is 2. The number of carbonyl (C=O) groups is 1. The molecule has 0 aliphatic rings. The lowest BCUT2D eigenvalue weighted by atomic mass is 10.0. The minimum atomic E-state index is -1.12. The normalized spacial score (nSPS) is 11.9. The van der Waals surface area contributed by atoms with E-state index in [1.165, 1.54) is 4.90 Å². The number of pyridine rings is 1. The van der Waals surface area contributed by atoms with Crippen LogP contribution in [0, 0.1) is 6.92 Å². The predicted molar refractivity (Wildman–Crippen MR) is 132 cm³/mol. The summed E-state index contributed by atoms with van der Waals surface area (Å²) in [7, 11) is 0. The summed E-state index contributed by atoms with van der Waals surface area (Å²) in [5, 5.41) is 18.0. The fourth-order valence-electron chi connectivity index (χ4n) is 3.86. The zero-order valence-electron chi connectivity index (χ0n) is 18.9. The molecule has 2 aromatic carbocycles. The Bertz CT molecular complexity index is 1260. The van der Waals surface area contributed by atoms with Crippen LogP contribution in [-0.2, 0) is 13.1 Å². The lowest BCUT2D eigenvalue weighted by molar-refractivity contribution is 0.199. The molecular weight excluding hydrogens is 452 g/mol. The molecule has 1 atom stereocenters. The van der Waals surface area contributed by atoms with Gasteiger partial charge in [-0.05, 0) is 43.2 Å². The molecule has 0 bridgehead atoms. The number of halogens is 1. The number of anilines is 1. The highest BCUT2D eigenvalue weighted by molar-refractivity contribution is 6.31. The van der Waals surface area contributed by atoms with E-state index in [-0.39, 0.29) is 0 Å². The lowest BCUT2D eigenvalue weighted by Gasteiger charge is -2.27. The average Bonchev–Trinajstić information content (AvgIpc) is 3.21. The molecule has 4 rings (SSSR count). The second-order valence-electron chi connectivity index (χ2n) is 7.92. The van der Waals surface area contributed by atoms with Crippen molar-refractivity contribution in [1.29, 1.82) is 0 Å². The highest BCUT2D eigenvalue weighted by Gasteiger charge is 2.31. The molecule has 2 heterocycles. The number of benzene rings is 2. The zero-order chi connectivity index (χ0) is 24.1. The Labute approximate surface area is 203 Å². The summed E-state index contributed by atoms with van der Waals surface area (Å²) in [6, 6.07) is 20.3. The minimum Gasteiger partial charge on any atom is -0.465 e. The Morgan fingerprint density at radius 3 is 2.50 bits per heavy atom. The van der Waals surface area contributed by atoms with E-state index < -0.39 is 12.1 Å². The molecule has 1 unspecified atom stereocenters. The molecule has 0 fully saturated rings. The molecule has 4 aromatic rings. The van der Waals surface area contributed by atoms with Gasteiger partial charge in [0.05, 0.1) is 11.7 Å². The summed E-state index contributed by atoms with van der Waals surface area (Å²) in [4.78, 5) is 17.9.